The van der Waals surface area contributed by atoms with E-state index in [4.69, 9.17) is 0 Å². The maximum atomic E-state index is 3.80. The zero-order valence-electron chi connectivity index (χ0n) is 5.85. The molecular weight excluding hydrogens is 98.1 g/mol. The van der Waals surface area contributed by atoms with Crippen molar-refractivity contribution in [3.63, 3.8) is 0 Å². The average Bonchev–Trinajstić information content (AvgIpc) is 1.68. The van der Waals surface area contributed by atoms with Crippen LogP contribution in [0.25, 0.3) is 0 Å². The van der Waals surface area contributed by atoms with Gasteiger partial charge in [0.05, 0.1) is 0 Å². The normalized spacial score (nSPS) is 13.2. The summed E-state index contributed by atoms with van der Waals surface area (Å²) in [6.45, 7) is 8.76. The van der Waals surface area contributed by atoms with Gasteiger partial charge in [0, 0.05) is 6.54 Å². The van der Waals surface area contributed by atoms with E-state index in [1.165, 1.54) is 12.8 Å². The van der Waals surface area contributed by atoms with E-state index in [1.54, 1.807) is 0 Å². The molecule has 0 radical (unpaired) electrons. The molecule has 0 bridgehead atoms. The molecule has 0 aromatic carbocycles. The molecule has 8 heavy (non-hydrogen) atoms. The van der Waals surface area contributed by atoms with Crippen molar-refractivity contribution in [3.05, 3.63) is 0 Å². The third kappa shape index (κ3) is 3.85. The first-order valence-electron chi connectivity index (χ1n) is 3.23. The summed E-state index contributed by atoms with van der Waals surface area (Å²) in [7, 11) is 0. The van der Waals surface area contributed by atoms with Gasteiger partial charge in [0.2, 0.25) is 0 Å². The third-order valence-electron chi connectivity index (χ3n) is 1.22. The van der Waals surface area contributed by atoms with Crippen LogP contribution in [0.3, 0.4) is 0 Å². The molecule has 0 rings (SSSR count). The van der Waals surface area contributed by atoms with Gasteiger partial charge in [-0.3, -0.25) is 0 Å². The molecule has 0 spiro atoms. The molecule has 1 heteroatoms. The van der Waals surface area contributed by atoms with E-state index in [0.29, 0.717) is 0 Å². The van der Waals surface area contributed by atoms with Crippen LogP contribution in [0.5, 0.6) is 0 Å². The zero-order chi connectivity index (χ0) is 6.41. The Labute approximate surface area is 51.8 Å². The molecule has 0 heterocycles. The van der Waals surface area contributed by atoms with Crippen LogP contribution < -0.4 is 0 Å². The zero-order valence-corrected chi connectivity index (χ0v) is 5.85. The van der Waals surface area contributed by atoms with Crippen LogP contribution in [0.1, 0.15) is 26.7 Å². The van der Waals surface area contributed by atoms with Gasteiger partial charge in [0.25, 0.3) is 0 Å². The van der Waals surface area contributed by atoms with Gasteiger partial charge in [0.15, 0.2) is 0 Å². The minimum absolute atomic E-state index is 0.734. The quantitative estimate of drug-likeness (QED) is 0.495. The SMILES string of the molecule is C=NCC(C)CCC. The van der Waals surface area contributed by atoms with Crippen LogP contribution in [-0.4, -0.2) is 13.3 Å². The number of hydrogen-bond donors (Lipinski definition) is 0. The standard InChI is InChI=1S/C7H15N/c1-4-5-7(2)6-8-3/h7H,3-6H2,1-2H3. The van der Waals surface area contributed by atoms with Crippen molar-refractivity contribution in [3.8, 4) is 0 Å². The maximum Gasteiger partial charge on any atom is 0.0407 e. The van der Waals surface area contributed by atoms with Crippen LogP contribution in [0, 0.1) is 5.92 Å². The molecular formula is C7H15N. The van der Waals surface area contributed by atoms with Crippen molar-refractivity contribution in [1.29, 1.82) is 0 Å². The lowest BCUT2D eigenvalue weighted by Gasteiger charge is -2.03. The van der Waals surface area contributed by atoms with E-state index >= 15 is 0 Å². The predicted molar refractivity (Wildman–Crippen MR) is 38.5 cm³/mol. The van der Waals surface area contributed by atoms with E-state index in [2.05, 4.69) is 25.6 Å². The van der Waals surface area contributed by atoms with Gasteiger partial charge in [-0.05, 0) is 19.1 Å². The third-order valence-corrected chi connectivity index (χ3v) is 1.22. The van der Waals surface area contributed by atoms with Crippen LogP contribution in [0.2, 0.25) is 0 Å². The Bertz CT molecular complexity index is 59.4. The lowest BCUT2D eigenvalue weighted by molar-refractivity contribution is 0.539. The highest BCUT2D eigenvalue weighted by Crippen LogP contribution is 2.03. The second kappa shape index (κ2) is 4.82. The van der Waals surface area contributed by atoms with Gasteiger partial charge in [0.1, 0.15) is 0 Å². The van der Waals surface area contributed by atoms with Crippen molar-refractivity contribution in [2.24, 2.45) is 10.9 Å². The van der Waals surface area contributed by atoms with E-state index in [9.17, 15) is 0 Å². The number of aliphatic imine (C=N–C) groups is 1. The van der Waals surface area contributed by atoms with E-state index < -0.39 is 0 Å². The Morgan fingerprint density at radius 3 is 2.62 bits per heavy atom. The molecule has 0 aliphatic carbocycles. The lowest BCUT2D eigenvalue weighted by Crippen LogP contribution is -1.96. The first-order valence-corrected chi connectivity index (χ1v) is 3.23. The Balaban J connectivity index is 3.03. The molecule has 0 aliphatic heterocycles. The Morgan fingerprint density at radius 1 is 1.62 bits per heavy atom. The van der Waals surface area contributed by atoms with Crippen molar-refractivity contribution < 1.29 is 0 Å². The minimum atomic E-state index is 0.734. The summed E-state index contributed by atoms with van der Waals surface area (Å²) < 4.78 is 0. The highest BCUT2D eigenvalue weighted by molar-refractivity contribution is 5.23. The first kappa shape index (κ1) is 7.67. The lowest BCUT2D eigenvalue weighted by atomic mass is 10.1. The average molecular weight is 113 g/mol. The first-order chi connectivity index (χ1) is 3.81. The monoisotopic (exact) mass is 113 g/mol. The fraction of sp³-hybridized carbons (Fsp3) is 0.857. The molecule has 48 valence electrons. The van der Waals surface area contributed by atoms with E-state index in [1.807, 2.05) is 0 Å². The van der Waals surface area contributed by atoms with Gasteiger partial charge >= 0.3 is 0 Å². The Hall–Kier alpha value is -0.330. The molecule has 1 unspecified atom stereocenters. The smallest absolute Gasteiger partial charge is 0.0407 e. The van der Waals surface area contributed by atoms with Crippen molar-refractivity contribution >= 4 is 6.72 Å². The maximum absolute atomic E-state index is 3.80. The van der Waals surface area contributed by atoms with Crippen LogP contribution in [-0.2, 0) is 0 Å². The molecule has 0 N–H and O–H groups in total. The largest absolute Gasteiger partial charge is 0.301 e. The van der Waals surface area contributed by atoms with Crippen molar-refractivity contribution in [2.45, 2.75) is 26.7 Å². The topological polar surface area (TPSA) is 12.4 Å². The fourth-order valence-corrected chi connectivity index (χ4v) is 0.804. The van der Waals surface area contributed by atoms with Gasteiger partial charge in [-0.15, -0.1) is 0 Å². The number of nitrogens with zero attached hydrogens (tertiary/aromatic N) is 1. The highest BCUT2D eigenvalue weighted by atomic mass is 14.7. The Kier molecular flexibility index (Phi) is 4.62. The minimum Gasteiger partial charge on any atom is -0.301 e. The molecule has 0 aromatic heterocycles. The van der Waals surface area contributed by atoms with Gasteiger partial charge in [-0.2, -0.15) is 0 Å². The Morgan fingerprint density at radius 2 is 2.25 bits per heavy atom. The van der Waals surface area contributed by atoms with Crippen molar-refractivity contribution in [1.82, 2.24) is 0 Å². The molecule has 1 atom stereocenters. The van der Waals surface area contributed by atoms with Gasteiger partial charge in [-0.25, -0.2) is 0 Å². The van der Waals surface area contributed by atoms with Crippen LogP contribution in [0.4, 0.5) is 0 Å². The molecule has 0 amide bonds. The summed E-state index contributed by atoms with van der Waals surface area (Å²) in [6.07, 6.45) is 2.54. The summed E-state index contributed by atoms with van der Waals surface area (Å²) in [5, 5.41) is 0. The van der Waals surface area contributed by atoms with Gasteiger partial charge < -0.3 is 4.99 Å². The molecule has 1 nitrogen and oxygen atoms in total. The molecule has 0 fully saturated rings. The molecule has 0 saturated carbocycles. The summed E-state index contributed by atoms with van der Waals surface area (Å²) in [5.74, 6) is 0.734. The van der Waals surface area contributed by atoms with E-state index in [-0.39, 0.29) is 0 Å². The number of hydrogen-bond acceptors (Lipinski definition) is 1. The van der Waals surface area contributed by atoms with Crippen LogP contribution >= 0.6 is 0 Å². The molecule has 0 aromatic rings. The second-order valence-corrected chi connectivity index (χ2v) is 2.30. The summed E-state index contributed by atoms with van der Waals surface area (Å²) >= 11 is 0. The van der Waals surface area contributed by atoms with Crippen molar-refractivity contribution in [2.75, 3.05) is 6.54 Å². The number of rotatable bonds is 4. The van der Waals surface area contributed by atoms with E-state index in [0.717, 1.165) is 12.5 Å². The summed E-state index contributed by atoms with van der Waals surface area (Å²) in [6, 6.07) is 0. The van der Waals surface area contributed by atoms with Gasteiger partial charge in [-0.1, -0.05) is 20.3 Å². The highest BCUT2D eigenvalue weighted by Gasteiger charge is 1.95. The summed E-state index contributed by atoms with van der Waals surface area (Å²) in [4.78, 5) is 3.80. The molecule has 0 aliphatic rings. The summed E-state index contributed by atoms with van der Waals surface area (Å²) in [5.41, 5.74) is 0. The second-order valence-electron chi connectivity index (χ2n) is 2.30. The van der Waals surface area contributed by atoms with Crippen LogP contribution in [0.15, 0.2) is 4.99 Å². The predicted octanol–water partition coefficient (Wildman–Crippen LogP) is 2.12. The fourth-order valence-electron chi connectivity index (χ4n) is 0.804. The molecule has 0 saturated heterocycles.